The largest absolute Gasteiger partial charge is 0.470 e. The minimum Gasteiger partial charge on any atom is -0.393 e. The summed E-state index contributed by atoms with van der Waals surface area (Å²) in [6, 6.07) is 0. The first-order valence-corrected chi connectivity index (χ1v) is 7.06. The van der Waals surface area contributed by atoms with E-state index >= 15 is 0 Å². The van der Waals surface area contributed by atoms with Gasteiger partial charge in [0.25, 0.3) is 0 Å². The lowest BCUT2D eigenvalue weighted by Crippen LogP contribution is -2.39. The van der Waals surface area contributed by atoms with Crippen molar-refractivity contribution < 1.29 is 38.9 Å². The van der Waals surface area contributed by atoms with Gasteiger partial charge >= 0.3 is 7.82 Å². The second kappa shape index (κ2) is 8.71. The van der Waals surface area contributed by atoms with Crippen molar-refractivity contribution in [2.24, 2.45) is 0 Å². The number of aliphatic hydroxyl groups excluding tert-OH is 1. The summed E-state index contributed by atoms with van der Waals surface area (Å²) in [6.45, 7) is 1.13. The van der Waals surface area contributed by atoms with Gasteiger partial charge in [-0.1, -0.05) is 19.8 Å². The normalized spacial score (nSPS) is 15.4. The highest BCUT2D eigenvalue weighted by Crippen LogP contribution is 2.39. The van der Waals surface area contributed by atoms with Crippen molar-refractivity contribution in [2.45, 2.75) is 44.8 Å². The van der Waals surface area contributed by atoms with Crippen molar-refractivity contribution >= 4 is 13.6 Å². The Morgan fingerprint density at radius 1 is 1.33 bits per heavy atom. The van der Waals surface area contributed by atoms with E-state index in [0.717, 1.165) is 12.8 Å². The molecule has 0 aliphatic carbocycles. The highest BCUT2D eigenvalue weighted by molar-refractivity contribution is 7.46. The summed E-state index contributed by atoms with van der Waals surface area (Å²) in [5, 5.41) is 17.3. The van der Waals surface area contributed by atoms with Crippen LogP contribution in [0.4, 0.5) is 0 Å². The summed E-state index contributed by atoms with van der Waals surface area (Å²) in [4.78, 5) is 32.8. The predicted molar refractivity (Wildman–Crippen MR) is 60.7 cm³/mol. The van der Waals surface area contributed by atoms with E-state index < -0.39 is 32.4 Å². The number of phosphoric ester groups is 1. The summed E-state index contributed by atoms with van der Waals surface area (Å²) in [5.41, 5.74) is 0. The molecule has 0 aromatic carbocycles. The molecule has 2 atom stereocenters. The van der Waals surface area contributed by atoms with Gasteiger partial charge in [0.05, 0.1) is 6.61 Å². The maximum absolute atomic E-state index is 11.7. The Balaban J connectivity index is 4.63. The molecule has 9 heteroatoms. The molecule has 0 aliphatic rings. The van der Waals surface area contributed by atoms with Crippen molar-refractivity contribution in [1.29, 1.82) is 0 Å². The first-order chi connectivity index (χ1) is 8.35. The van der Waals surface area contributed by atoms with Crippen molar-refractivity contribution in [1.82, 2.24) is 0 Å². The number of hydrogen-bond donors (Lipinski definition) is 4. The molecule has 1 unspecified atom stereocenters. The zero-order chi connectivity index (χ0) is 14.2. The van der Waals surface area contributed by atoms with Crippen LogP contribution in [0.15, 0.2) is 0 Å². The summed E-state index contributed by atoms with van der Waals surface area (Å²) < 4.78 is 15.0. The van der Waals surface area contributed by atoms with Gasteiger partial charge in [0.15, 0.2) is 11.9 Å². The van der Waals surface area contributed by atoms with Crippen LogP contribution >= 0.6 is 7.82 Å². The standard InChI is InChI=1S/C9H19O8P/c1-2-3-4-5-7(11)9(8(6-10)16-12)17-18(13,14)15/h8-10,12H,2-6H2,1H3,(H2,13,14,15)/t8-,9?/m0/s1. The monoisotopic (exact) mass is 286 g/mol. The fourth-order valence-electron chi connectivity index (χ4n) is 1.36. The average Bonchev–Trinajstić information content (AvgIpc) is 2.28. The van der Waals surface area contributed by atoms with Gasteiger partial charge in [-0.05, 0) is 6.42 Å². The van der Waals surface area contributed by atoms with Crippen LogP contribution in [0.5, 0.6) is 0 Å². The SMILES string of the molecule is CCCCCC(=O)C(OP(=O)(O)O)[C@H](CO)OO. The second-order valence-corrected chi connectivity index (χ2v) is 4.96. The lowest BCUT2D eigenvalue weighted by atomic mass is 10.0. The Hall–Kier alpha value is -0.340. The minimum atomic E-state index is -4.92. The Kier molecular flexibility index (Phi) is 8.54. The quantitative estimate of drug-likeness (QED) is 0.197. The van der Waals surface area contributed by atoms with E-state index in [2.05, 4.69) is 9.41 Å². The van der Waals surface area contributed by atoms with Gasteiger partial charge in [-0.2, -0.15) is 0 Å². The lowest BCUT2D eigenvalue weighted by Gasteiger charge is -2.22. The van der Waals surface area contributed by atoms with E-state index in [1.165, 1.54) is 0 Å². The van der Waals surface area contributed by atoms with Crippen LogP contribution in [0.2, 0.25) is 0 Å². The number of carbonyl (C=O) groups is 1. The number of rotatable bonds is 10. The summed E-state index contributed by atoms with van der Waals surface area (Å²) in [6.07, 6.45) is -1.02. The molecule has 0 bridgehead atoms. The highest BCUT2D eigenvalue weighted by atomic mass is 31.2. The van der Waals surface area contributed by atoms with E-state index in [0.29, 0.717) is 6.42 Å². The third kappa shape index (κ3) is 7.17. The molecule has 4 N–H and O–H groups in total. The number of aliphatic hydroxyl groups is 1. The van der Waals surface area contributed by atoms with Crippen LogP contribution in [-0.2, 0) is 18.8 Å². The van der Waals surface area contributed by atoms with Gasteiger partial charge in [0.1, 0.15) is 6.10 Å². The van der Waals surface area contributed by atoms with Crippen LogP contribution < -0.4 is 0 Å². The Labute approximate surface area is 105 Å². The molecule has 0 rings (SSSR count). The summed E-state index contributed by atoms with van der Waals surface area (Å²) in [5.74, 6) is -0.639. The third-order valence-electron chi connectivity index (χ3n) is 2.25. The molecule has 0 spiro atoms. The number of ketones is 1. The number of unbranched alkanes of at least 4 members (excludes halogenated alkanes) is 2. The molecule has 0 saturated carbocycles. The maximum atomic E-state index is 11.7. The van der Waals surface area contributed by atoms with Crippen LogP contribution in [-0.4, -0.2) is 44.7 Å². The molecule has 108 valence electrons. The van der Waals surface area contributed by atoms with Crippen LogP contribution in [0.3, 0.4) is 0 Å². The van der Waals surface area contributed by atoms with Gasteiger partial charge in [-0.15, -0.1) is 0 Å². The fraction of sp³-hybridized carbons (Fsp3) is 0.889. The third-order valence-corrected chi connectivity index (χ3v) is 2.75. The Morgan fingerprint density at radius 3 is 2.33 bits per heavy atom. The topological polar surface area (TPSA) is 134 Å². The minimum absolute atomic E-state index is 0.0262. The molecule has 0 saturated heterocycles. The number of Topliss-reactive ketones (excluding diaryl/α,β-unsaturated/α-hetero) is 1. The van der Waals surface area contributed by atoms with Crippen LogP contribution in [0.25, 0.3) is 0 Å². The predicted octanol–water partition coefficient (Wildman–Crippen LogP) is 0.464. The van der Waals surface area contributed by atoms with Gasteiger partial charge < -0.3 is 14.9 Å². The summed E-state index contributed by atoms with van der Waals surface area (Å²) >= 11 is 0. The van der Waals surface area contributed by atoms with Gasteiger partial charge in [-0.25, -0.2) is 9.45 Å². The van der Waals surface area contributed by atoms with Crippen molar-refractivity contribution in [3.05, 3.63) is 0 Å². The molecular weight excluding hydrogens is 267 g/mol. The lowest BCUT2D eigenvalue weighted by molar-refractivity contribution is -0.298. The zero-order valence-corrected chi connectivity index (χ0v) is 11.0. The van der Waals surface area contributed by atoms with Crippen LogP contribution in [0.1, 0.15) is 32.6 Å². The van der Waals surface area contributed by atoms with Crippen molar-refractivity contribution in [3.8, 4) is 0 Å². The second-order valence-electron chi connectivity index (χ2n) is 3.77. The van der Waals surface area contributed by atoms with Gasteiger partial charge in [-0.3, -0.25) is 14.6 Å². The van der Waals surface area contributed by atoms with E-state index in [9.17, 15) is 9.36 Å². The van der Waals surface area contributed by atoms with E-state index in [1.807, 2.05) is 6.92 Å². The number of carbonyl (C=O) groups excluding carboxylic acids is 1. The molecule has 8 nitrogen and oxygen atoms in total. The molecule has 0 aromatic rings. The Bertz CT molecular complexity index is 284. The van der Waals surface area contributed by atoms with Crippen molar-refractivity contribution in [3.63, 3.8) is 0 Å². The number of phosphoric acid groups is 1. The molecule has 0 radical (unpaired) electrons. The first kappa shape index (κ1) is 17.7. The highest BCUT2D eigenvalue weighted by Gasteiger charge is 2.35. The maximum Gasteiger partial charge on any atom is 0.470 e. The first-order valence-electron chi connectivity index (χ1n) is 5.53. The molecule has 0 heterocycles. The number of hydrogen-bond acceptors (Lipinski definition) is 6. The summed E-state index contributed by atoms with van der Waals surface area (Å²) in [7, 11) is -4.92. The fourth-order valence-corrected chi connectivity index (χ4v) is 1.91. The van der Waals surface area contributed by atoms with Gasteiger partial charge in [0, 0.05) is 6.42 Å². The van der Waals surface area contributed by atoms with Gasteiger partial charge in [0.2, 0.25) is 0 Å². The molecular formula is C9H19O8P. The molecule has 0 aromatic heterocycles. The average molecular weight is 286 g/mol. The molecule has 0 aliphatic heterocycles. The van der Waals surface area contributed by atoms with E-state index in [1.54, 1.807) is 0 Å². The zero-order valence-electron chi connectivity index (χ0n) is 10.1. The van der Waals surface area contributed by atoms with E-state index in [-0.39, 0.29) is 6.42 Å². The van der Waals surface area contributed by atoms with Crippen LogP contribution in [0, 0.1) is 0 Å². The Morgan fingerprint density at radius 2 is 1.94 bits per heavy atom. The van der Waals surface area contributed by atoms with E-state index in [4.69, 9.17) is 20.2 Å². The molecule has 18 heavy (non-hydrogen) atoms. The smallest absolute Gasteiger partial charge is 0.393 e. The molecule has 0 fully saturated rings. The van der Waals surface area contributed by atoms with Crippen molar-refractivity contribution in [2.75, 3.05) is 6.61 Å². The molecule has 0 amide bonds.